The van der Waals surface area contributed by atoms with E-state index < -0.39 is 0 Å². The molecule has 1 fully saturated rings. The molecule has 30 heavy (non-hydrogen) atoms. The molecule has 4 rings (SSSR count). The number of rotatable bonds is 4. The van der Waals surface area contributed by atoms with Gasteiger partial charge >= 0.3 is 0 Å². The van der Waals surface area contributed by atoms with Gasteiger partial charge in [0, 0.05) is 36.4 Å². The third kappa shape index (κ3) is 3.87. The average Bonchev–Trinajstić information content (AvgIpc) is 2.73. The maximum Gasteiger partial charge on any atom is 0.146 e. The Morgan fingerprint density at radius 2 is 1.80 bits per heavy atom. The molecule has 2 aliphatic heterocycles. The summed E-state index contributed by atoms with van der Waals surface area (Å²) < 4.78 is 1.12. The average molecular weight is 471 g/mol. The van der Waals surface area contributed by atoms with Crippen molar-refractivity contribution in [3.05, 3.63) is 45.2 Å². The third-order valence-electron chi connectivity index (χ3n) is 6.38. The Labute approximate surface area is 188 Å². The molecule has 1 aromatic heterocycles. The summed E-state index contributed by atoms with van der Waals surface area (Å²) in [4.78, 5) is 14.6. The van der Waals surface area contributed by atoms with Crippen molar-refractivity contribution < 1.29 is 5.11 Å². The standard InChI is InChI=1S/C24H31BrN4O/c1-5-19-13-20(25)12-16(3)22(19)29-11-6-15(2)21-23(26-17(4)27-24(21)29)28-9-7-18(14-30)8-10-28/h6,12-13,18,30H,5,7-11,14H2,1-4H3. The second-order valence-electron chi connectivity index (χ2n) is 8.49. The fourth-order valence-corrected chi connectivity index (χ4v) is 5.34. The first-order chi connectivity index (χ1) is 14.4. The Balaban J connectivity index is 1.83. The highest BCUT2D eigenvalue weighted by Gasteiger charge is 2.30. The van der Waals surface area contributed by atoms with Gasteiger partial charge in [-0.3, -0.25) is 0 Å². The highest BCUT2D eigenvalue weighted by atomic mass is 79.9. The lowest BCUT2D eigenvalue weighted by Gasteiger charge is -2.37. The first-order valence-corrected chi connectivity index (χ1v) is 11.7. The molecule has 160 valence electrons. The van der Waals surface area contributed by atoms with Gasteiger partial charge in [-0.05, 0) is 74.8 Å². The van der Waals surface area contributed by atoms with Crippen LogP contribution in [-0.4, -0.2) is 41.3 Å². The van der Waals surface area contributed by atoms with Gasteiger partial charge in [0.15, 0.2) is 0 Å². The molecule has 1 aromatic carbocycles. The Morgan fingerprint density at radius 3 is 2.47 bits per heavy atom. The Bertz CT molecular complexity index is 980. The molecular formula is C24H31BrN4O. The van der Waals surface area contributed by atoms with E-state index >= 15 is 0 Å². The Morgan fingerprint density at radius 1 is 1.10 bits per heavy atom. The van der Waals surface area contributed by atoms with E-state index in [4.69, 9.17) is 9.97 Å². The van der Waals surface area contributed by atoms with Crippen LogP contribution in [0.5, 0.6) is 0 Å². The zero-order valence-electron chi connectivity index (χ0n) is 18.4. The van der Waals surface area contributed by atoms with Gasteiger partial charge in [-0.2, -0.15) is 0 Å². The number of fused-ring (bicyclic) bond motifs is 1. The van der Waals surface area contributed by atoms with Gasteiger partial charge in [-0.1, -0.05) is 28.9 Å². The lowest BCUT2D eigenvalue weighted by molar-refractivity contribution is 0.202. The second kappa shape index (κ2) is 8.67. The van der Waals surface area contributed by atoms with Gasteiger partial charge in [0.1, 0.15) is 17.5 Å². The fraction of sp³-hybridized carbons (Fsp3) is 0.500. The largest absolute Gasteiger partial charge is 0.396 e. The molecule has 0 spiro atoms. The monoisotopic (exact) mass is 470 g/mol. The van der Waals surface area contributed by atoms with Crippen LogP contribution >= 0.6 is 15.9 Å². The van der Waals surface area contributed by atoms with Crippen molar-refractivity contribution in [2.45, 2.75) is 47.0 Å². The number of aryl methyl sites for hydroxylation is 3. The van der Waals surface area contributed by atoms with E-state index in [0.29, 0.717) is 5.92 Å². The van der Waals surface area contributed by atoms with Gasteiger partial charge < -0.3 is 14.9 Å². The first-order valence-electron chi connectivity index (χ1n) is 10.9. The summed E-state index contributed by atoms with van der Waals surface area (Å²) in [7, 11) is 0. The van der Waals surface area contributed by atoms with Crippen molar-refractivity contribution in [3.8, 4) is 0 Å². The Hall–Kier alpha value is -1.92. The molecule has 3 heterocycles. The van der Waals surface area contributed by atoms with Crippen molar-refractivity contribution >= 4 is 38.8 Å². The molecule has 1 N–H and O–H groups in total. The minimum absolute atomic E-state index is 0.282. The number of anilines is 3. The third-order valence-corrected chi connectivity index (χ3v) is 6.84. The summed E-state index contributed by atoms with van der Waals surface area (Å²) >= 11 is 3.66. The summed E-state index contributed by atoms with van der Waals surface area (Å²) in [5.41, 5.74) is 6.23. The molecule has 2 aromatic rings. The number of hydrogen-bond acceptors (Lipinski definition) is 5. The van der Waals surface area contributed by atoms with Crippen LogP contribution in [0.2, 0.25) is 0 Å². The van der Waals surface area contributed by atoms with Crippen molar-refractivity contribution in [1.82, 2.24) is 9.97 Å². The predicted molar refractivity (Wildman–Crippen MR) is 128 cm³/mol. The quantitative estimate of drug-likeness (QED) is 0.666. The van der Waals surface area contributed by atoms with Crippen LogP contribution in [0.3, 0.4) is 0 Å². The molecule has 0 saturated carbocycles. The van der Waals surface area contributed by atoms with Crippen LogP contribution in [0.1, 0.15) is 49.2 Å². The lowest BCUT2D eigenvalue weighted by atomic mass is 9.96. The SMILES string of the molecule is CCc1cc(Br)cc(C)c1N1CC=C(C)c2c(N3CCC(CO)CC3)nc(C)nc21. The molecule has 0 bridgehead atoms. The number of halogens is 1. The molecule has 2 aliphatic rings. The summed E-state index contributed by atoms with van der Waals surface area (Å²) in [6.45, 7) is 11.5. The van der Waals surface area contributed by atoms with Crippen molar-refractivity contribution in [3.63, 3.8) is 0 Å². The van der Waals surface area contributed by atoms with E-state index in [1.807, 2.05) is 6.92 Å². The summed E-state index contributed by atoms with van der Waals surface area (Å²) in [6.07, 6.45) is 5.28. The number of hydrogen-bond donors (Lipinski definition) is 1. The summed E-state index contributed by atoms with van der Waals surface area (Å²) in [6, 6.07) is 4.41. The number of piperidine rings is 1. The molecule has 0 amide bonds. The number of aliphatic hydroxyl groups is 1. The van der Waals surface area contributed by atoms with Gasteiger partial charge in [-0.15, -0.1) is 0 Å². The zero-order chi connectivity index (χ0) is 21.4. The minimum Gasteiger partial charge on any atom is -0.396 e. The van der Waals surface area contributed by atoms with E-state index in [1.165, 1.54) is 22.4 Å². The molecule has 6 heteroatoms. The lowest BCUT2D eigenvalue weighted by Crippen LogP contribution is -2.37. The van der Waals surface area contributed by atoms with Crippen molar-refractivity contribution in [2.24, 2.45) is 5.92 Å². The van der Waals surface area contributed by atoms with Crippen LogP contribution in [0.25, 0.3) is 5.57 Å². The van der Waals surface area contributed by atoms with Crippen LogP contribution in [0.4, 0.5) is 17.3 Å². The highest BCUT2D eigenvalue weighted by molar-refractivity contribution is 9.10. The summed E-state index contributed by atoms with van der Waals surface area (Å²) in [5, 5.41) is 9.52. The maximum atomic E-state index is 9.52. The van der Waals surface area contributed by atoms with Crippen molar-refractivity contribution in [1.29, 1.82) is 0 Å². The molecular weight excluding hydrogens is 440 g/mol. The number of benzene rings is 1. The Kier molecular flexibility index (Phi) is 6.16. The smallest absolute Gasteiger partial charge is 0.146 e. The van der Waals surface area contributed by atoms with Gasteiger partial charge in [0.2, 0.25) is 0 Å². The van der Waals surface area contributed by atoms with Crippen LogP contribution in [0.15, 0.2) is 22.7 Å². The summed E-state index contributed by atoms with van der Waals surface area (Å²) in [5.74, 6) is 3.27. The number of aliphatic hydroxyl groups excluding tert-OH is 1. The topological polar surface area (TPSA) is 52.5 Å². The zero-order valence-corrected chi connectivity index (χ0v) is 20.0. The number of nitrogens with zero attached hydrogens (tertiary/aromatic N) is 4. The van der Waals surface area contributed by atoms with E-state index in [1.54, 1.807) is 0 Å². The molecule has 0 unspecified atom stereocenters. The van der Waals surface area contributed by atoms with E-state index in [-0.39, 0.29) is 6.61 Å². The van der Waals surface area contributed by atoms with Crippen LogP contribution < -0.4 is 9.80 Å². The van der Waals surface area contributed by atoms with Crippen LogP contribution in [-0.2, 0) is 6.42 Å². The van der Waals surface area contributed by atoms with Gasteiger partial charge in [-0.25, -0.2) is 9.97 Å². The van der Waals surface area contributed by atoms with Crippen LogP contribution in [0, 0.1) is 19.8 Å². The van der Waals surface area contributed by atoms with E-state index in [0.717, 1.165) is 66.4 Å². The molecule has 1 saturated heterocycles. The molecule has 5 nitrogen and oxygen atoms in total. The second-order valence-corrected chi connectivity index (χ2v) is 9.40. The number of allylic oxidation sites excluding steroid dienone is 1. The number of aromatic nitrogens is 2. The predicted octanol–water partition coefficient (Wildman–Crippen LogP) is 5.18. The molecule has 0 aliphatic carbocycles. The molecule has 0 radical (unpaired) electrons. The van der Waals surface area contributed by atoms with E-state index in [2.05, 4.69) is 64.7 Å². The molecule has 0 atom stereocenters. The maximum absolute atomic E-state index is 9.52. The highest BCUT2D eigenvalue weighted by Crippen LogP contribution is 2.43. The van der Waals surface area contributed by atoms with E-state index in [9.17, 15) is 5.11 Å². The van der Waals surface area contributed by atoms with Crippen molar-refractivity contribution in [2.75, 3.05) is 36.0 Å². The normalized spacial score (nSPS) is 17.2. The van der Waals surface area contributed by atoms with Gasteiger partial charge in [0.05, 0.1) is 5.56 Å². The fourth-order valence-electron chi connectivity index (χ4n) is 4.72. The first kappa shape index (κ1) is 21.3. The minimum atomic E-state index is 0.282. The van der Waals surface area contributed by atoms with Gasteiger partial charge in [0.25, 0.3) is 0 Å².